The van der Waals surface area contributed by atoms with E-state index in [2.05, 4.69) is 15.2 Å². The number of hydrogen-bond acceptors (Lipinski definition) is 6. The lowest BCUT2D eigenvalue weighted by molar-refractivity contribution is -0.0510. The maximum Gasteiger partial charge on any atom is 0.255 e. The van der Waals surface area contributed by atoms with Gasteiger partial charge >= 0.3 is 0 Å². The summed E-state index contributed by atoms with van der Waals surface area (Å²) in [5, 5.41) is 20.1. The number of nitrogens with zero attached hydrogens (tertiary/aromatic N) is 3. The van der Waals surface area contributed by atoms with Crippen LogP contribution in [0.25, 0.3) is 10.4 Å². The molecule has 0 aliphatic carbocycles. The van der Waals surface area contributed by atoms with Gasteiger partial charge in [-0.25, -0.2) is 4.98 Å². The van der Waals surface area contributed by atoms with Gasteiger partial charge in [0.25, 0.3) is 5.91 Å². The number of pyridine rings is 1. The van der Waals surface area contributed by atoms with Gasteiger partial charge in [-0.05, 0) is 25.0 Å². The second-order valence-corrected chi connectivity index (χ2v) is 8.70. The Morgan fingerprint density at radius 2 is 2.14 bits per heavy atom. The molecule has 7 nitrogen and oxygen atoms in total. The van der Waals surface area contributed by atoms with E-state index in [4.69, 9.17) is 4.74 Å². The Hall–Kier alpha value is -2.71. The van der Waals surface area contributed by atoms with E-state index in [0.29, 0.717) is 30.0 Å². The normalized spacial score (nSPS) is 25.9. The third kappa shape index (κ3) is 3.12. The number of rotatable bonds is 4. The molecule has 0 radical (unpaired) electrons. The molecule has 2 aliphatic rings. The number of thiophene rings is 1. The standard InChI is InChI=1S/C21H22N4O3S/c1-28-19-4-2-3-18(24-19)21(27)8-15-5-6-16(9-21)25(15)20(26)13-7-17(29-12-13)14-10-22-23-11-14/h2-4,7,10-12,15-16,27H,5-6,8-9H2,1H3,(H,22,23). The van der Waals surface area contributed by atoms with Crippen LogP contribution in [0.4, 0.5) is 0 Å². The van der Waals surface area contributed by atoms with E-state index in [1.807, 2.05) is 34.7 Å². The number of carbonyl (C=O) groups is 1. The van der Waals surface area contributed by atoms with E-state index >= 15 is 0 Å². The summed E-state index contributed by atoms with van der Waals surface area (Å²) >= 11 is 1.54. The number of piperidine rings is 1. The summed E-state index contributed by atoms with van der Waals surface area (Å²) in [6.07, 6.45) is 6.38. The molecule has 2 unspecified atom stereocenters. The number of amides is 1. The van der Waals surface area contributed by atoms with E-state index in [1.165, 1.54) is 0 Å². The van der Waals surface area contributed by atoms with E-state index in [9.17, 15) is 9.90 Å². The van der Waals surface area contributed by atoms with Crippen molar-refractivity contribution in [3.8, 4) is 16.3 Å². The third-order valence-corrected chi connectivity index (χ3v) is 7.02. The molecule has 3 aromatic heterocycles. The zero-order chi connectivity index (χ0) is 20.0. The number of aromatic amines is 1. The minimum Gasteiger partial charge on any atom is -0.481 e. The van der Waals surface area contributed by atoms with E-state index in [-0.39, 0.29) is 18.0 Å². The highest BCUT2D eigenvalue weighted by Crippen LogP contribution is 2.46. The van der Waals surface area contributed by atoms with Gasteiger partial charge in [0.15, 0.2) is 0 Å². The number of H-pyrrole nitrogens is 1. The Morgan fingerprint density at radius 3 is 2.83 bits per heavy atom. The highest BCUT2D eigenvalue weighted by atomic mass is 32.1. The number of nitrogens with one attached hydrogen (secondary N) is 1. The van der Waals surface area contributed by atoms with Crippen molar-refractivity contribution in [3.63, 3.8) is 0 Å². The molecule has 2 N–H and O–H groups in total. The Morgan fingerprint density at radius 1 is 1.34 bits per heavy atom. The van der Waals surface area contributed by atoms with Crippen LogP contribution in [0, 0.1) is 0 Å². The first kappa shape index (κ1) is 18.3. The molecule has 0 aromatic carbocycles. The van der Waals surface area contributed by atoms with Gasteiger partial charge in [-0.3, -0.25) is 9.89 Å². The fourth-order valence-electron chi connectivity index (χ4n) is 4.69. The van der Waals surface area contributed by atoms with Gasteiger partial charge in [-0.2, -0.15) is 5.10 Å². The van der Waals surface area contributed by atoms with Crippen molar-refractivity contribution < 1.29 is 14.6 Å². The predicted octanol–water partition coefficient (Wildman–Crippen LogP) is 3.20. The highest BCUT2D eigenvalue weighted by molar-refractivity contribution is 7.13. The van der Waals surface area contributed by atoms with Crippen LogP contribution in [0.1, 0.15) is 41.7 Å². The van der Waals surface area contributed by atoms with Crippen molar-refractivity contribution in [3.05, 3.63) is 53.3 Å². The van der Waals surface area contributed by atoms with Crippen molar-refractivity contribution in [1.29, 1.82) is 0 Å². The molecule has 1 amide bonds. The Kier molecular flexibility index (Phi) is 4.40. The fourth-order valence-corrected chi connectivity index (χ4v) is 5.55. The molecule has 0 saturated carbocycles. The summed E-state index contributed by atoms with van der Waals surface area (Å²) in [6, 6.07) is 7.42. The summed E-state index contributed by atoms with van der Waals surface area (Å²) in [4.78, 5) is 20.7. The maximum absolute atomic E-state index is 13.3. The molecule has 0 spiro atoms. The average Bonchev–Trinajstić information content (AvgIpc) is 3.47. The summed E-state index contributed by atoms with van der Waals surface area (Å²) in [6.45, 7) is 0. The zero-order valence-corrected chi connectivity index (χ0v) is 16.9. The van der Waals surface area contributed by atoms with Gasteiger partial charge < -0.3 is 14.7 Å². The summed E-state index contributed by atoms with van der Waals surface area (Å²) in [5.41, 5.74) is 1.27. The largest absolute Gasteiger partial charge is 0.481 e. The van der Waals surface area contributed by atoms with Crippen LogP contribution in [0.3, 0.4) is 0 Å². The molecule has 3 aromatic rings. The highest BCUT2D eigenvalue weighted by Gasteiger charge is 2.50. The average molecular weight is 410 g/mol. The number of fused-ring (bicyclic) bond motifs is 2. The fraction of sp³-hybridized carbons (Fsp3) is 0.381. The van der Waals surface area contributed by atoms with Crippen LogP contribution in [0.2, 0.25) is 0 Å². The van der Waals surface area contributed by atoms with Gasteiger partial charge in [-0.1, -0.05) is 6.07 Å². The Bertz CT molecular complexity index is 1020. The molecule has 2 fully saturated rings. The zero-order valence-electron chi connectivity index (χ0n) is 16.0. The number of ether oxygens (including phenoxy) is 1. The van der Waals surface area contributed by atoms with Crippen LogP contribution in [-0.4, -0.2) is 50.3 Å². The molecule has 2 saturated heterocycles. The van der Waals surface area contributed by atoms with Crippen molar-refractivity contribution >= 4 is 17.2 Å². The first-order chi connectivity index (χ1) is 14.1. The van der Waals surface area contributed by atoms with Crippen LogP contribution in [-0.2, 0) is 5.60 Å². The van der Waals surface area contributed by atoms with E-state index < -0.39 is 5.60 Å². The summed E-state index contributed by atoms with van der Waals surface area (Å²) in [7, 11) is 1.57. The van der Waals surface area contributed by atoms with Crippen LogP contribution in [0.5, 0.6) is 5.88 Å². The molecule has 29 heavy (non-hydrogen) atoms. The number of aromatic nitrogens is 3. The van der Waals surface area contributed by atoms with E-state index in [1.54, 1.807) is 30.7 Å². The number of methoxy groups -OCH3 is 1. The molecule has 2 aliphatic heterocycles. The van der Waals surface area contributed by atoms with Crippen molar-refractivity contribution in [2.24, 2.45) is 0 Å². The maximum atomic E-state index is 13.3. The van der Waals surface area contributed by atoms with E-state index in [0.717, 1.165) is 23.3 Å². The molecule has 2 bridgehead atoms. The monoisotopic (exact) mass is 410 g/mol. The molecular formula is C21H22N4O3S. The molecule has 5 rings (SSSR count). The topological polar surface area (TPSA) is 91.3 Å². The quantitative estimate of drug-likeness (QED) is 0.689. The van der Waals surface area contributed by atoms with Crippen molar-refractivity contribution in [2.75, 3.05) is 7.11 Å². The minimum atomic E-state index is -1.03. The van der Waals surface area contributed by atoms with Crippen LogP contribution < -0.4 is 4.74 Å². The van der Waals surface area contributed by atoms with Gasteiger partial charge in [0.05, 0.1) is 24.6 Å². The molecule has 150 valence electrons. The SMILES string of the molecule is COc1cccc(C2(O)CC3CCC(C2)N3C(=O)c2csc(-c3cn[nH]c3)c2)n1. The Balaban J connectivity index is 1.38. The summed E-state index contributed by atoms with van der Waals surface area (Å²) in [5.74, 6) is 0.538. The van der Waals surface area contributed by atoms with Crippen molar-refractivity contribution in [2.45, 2.75) is 43.4 Å². The first-order valence-corrected chi connectivity index (χ1v) is 10.6. The minimum absolute atomic E-state index is 0.0107. The third-order valence-electron chi connectivity index (χ3n) is 6.04. The smallest absolute Gasteiger partial charge is 0.255 e. The molecule has 2 atom stereocenters. The van der Waals surface area contributed by atoms with Gasteiger partial charge in [0.2, 0.25) is 5.88 Å². The lowest BCUT2D eigenvalue weighted by Gasteiger charge is -2.43. The lowest BCUT2D eigenvalue weighted by atomic mass is 9.83. The molecule has 8 heteroatoms. The van der Waals surface area contributed by atoms with Crippen LogP contribution in [0.15, 0.2) is 42.0 Å². The van der Waals surface area contributed by atoms with Gasteiger partial charge in [0.1, 0.15) is 5.60 Å². The first-order valence-electron chi connectivity index (χ1n) is 9.72. The predicted molar refractivity (Wildman–Crippen MR) is 109 cm³/mol. The van der Waals surface area contributed by atoms with Crippen LogP contribution >= 0.6 is 11.3 Å². The van der Waals surface area contributed by atoms with Crippen molar-refractivity contribution in [1.82, 2.24) is 20.1 Å². The second kappa shape index (κ2) is 6.96. The number of carbonyl (C=O) groups excluding carboxylic acids is 1. The molecule has 5 heterocycles. The number of hydrogen-bond donors (Lipinski definition) is 2. The molecular weight excluding hydrogens is 388 g/mol. The Labute approximate surface area is 172 Å². The van der Waals surface area contributed by atoms with Gasteiger partial charge in [0, 0.05) is 53.0 Å². The number of aliphatic hydroxyl groups is 1. The van der Waals surface area contributed by atoms with Gasteiger partial charge in [-0.15, -0.1) is 11.3 Å². The lowest BCUT2D eigenvalue weighted by Crippen LogP contribution is -2.52. The summed E-state index contributed by atoms with van der Waals surface area (Å²) < 4.78 is 5.22. The second-order valence-electron chi connectivity index (χ2n) is 7.79.